The van der Waals surface area contributed by atoms with Gasteiger partial charge in [0.1, 0.15) is 0 Å². The summed E-state index contributed by atoms with van der Waals surface area (Å²) in [6.07, 6.45) is 17.7. The first kappa shape index (κ1) is 37.9. The van der Waals surface area contributed by atoms with Gasteiger partial charge in [0, 0.05) is 0 Å². The van der Waals surface area contributed by atoms with Gasteiger partial charge < -0.3 is 0 Å². The molecule has 1 aromatic rings. The Morgan fingerprint density at radius 2 is 1.10 bits per heavy atom. The van der Waals surface area contributed by atoms with E-state index in [0.29, 0.717) is 11.8 Å². The molecule has 0 saturated carbocycles. The Morgan fingerprint density at radius 1 is 0.650 bits per heavy atom. The summed E-state index contributed by atoms with van der Waals surface area (Å²) in [4.78, 5) is 0. The van der Waals surface area contributed by atoms with Crippen molar-refractivity contribution in [2.75, 3.05) is 13.2 Å². The molecule has 0 bridgehead atoms. The van der Waals surface area contributed by atoms with Crippen molar-refractivity contribution in [3.05, 3.63) is 21.3 Å². The van der Waals surface area contributed by atoms with E-state index in [1.807, 2.05) is 0 Å². The van der Waals surface area contributed by atoms with Crippen LogP contribution in [0.25, 0.3) is 0 Å². The second kappa shape index (κ2) is 23.4. The summed E-state index contributed by atoms with van der Waals surface area (Å²) >= 11 is -0.155. The predicted octanol–water partition coefficient (Wildman–Crippen LogP) is 12.2. The van der Waals surface area contributed by atoms with E-state index in [2.05, 4.69) is 93.0 Å². The second-order valence-electron chi connectivity index (χ2n) is 12.1. The molecule has 0 aliphatic rings. The molecule has 2 nitrogen and oxygen atoms in total. The zero-order valence-corrected chi connectivity index (χ0v) is 32.5. The zero-order chi connectivity index (χ0) is 29.6. The van der Waals surface area contributed by atoms with Crippen LogP contribution in [0.3, 0.4) is 0 Å². The normalized spacial score (nSPS) is 13.0. The molecule has 1 aromatic carbocycles. The second-order valence-corrected chi connectivity index (χ2v) is 25.5. The Balaban J connectivity index is 3.43. The van der Waals surface area contributed by atoms with Crippen LogP contribution in [0.2, 0.25) is 13.3 Å². The SMILES string of the molecule is CCCCC(CC)COc1cc(C#[C][Sn]([CH2]CCC)([CH2]CCC)[CH2]CCC)c(OCC(CC)CCCC)cc1I. The van der Waals surface area contributed by atoms with Gasteiger partial charge >= 0.3 is 270 Å². The number of unbranched alkanes of at least 4 members (excludes halogenated alkanes) is 5. The van der Waals surface area contributed by atoms with Crippen molar-refractivity contribution in [2.45, 2.75) is 152 Å². The van der Waals surface area contributed by atoms with Gasteiger partial charge in [-0.15, -0.1) is 0 Å². The van der Waals surface area contributed by atoms with Crippen LogP contribution in [0.4, 0.5) is 0 Å². The molecule has 40 heavy (non-hydrogen) atoms. The van der Waals surface area contributed by atoms with Crippen LogP contribution in [0.5, 0.6) is 11.5 Å². The van der Waals surface area contributed by atoms with Crippen LogP contribution in [-0.4, -0.2) is 31.6 Å². The van der Waals surface area contributed by atoms with E-state index in [4.69, 9.17) is 9.47 Å². The van der Waals surface area contributed by atoms with Gasteiger partial charge in [0.15, 0.2) is 0 Å². The Labute approximate surface area is 267 Å². The topological polar surface area (TPSA) is 18.5 Å². The van der Waals surface area contributed by atoms with E-state index in [-0.39, 0.29) is 0 Å². The van der Waals surface area contributed by atoms with Crippen LogP contribution in [-0.2, 0) is 0 Å². The fourth-order valence-electron chi connectivity index (χ4n) is 5.38. The molecule has 0 amide bonds. The van der Waals surface area contributed by atoms with E-state index in [0.717, 1.165) is 33.8 Å². The average Bonchev–Trinajstić information content (AvgIpc) is 2.97. The standard InChI is InChI=1S/C24H36IO2.3C4H9.Sn/c1-6-11-13-19(8-3)17-26-23-16-22(25)24(15-21(23)10-5)27-18-20(9-4)14-12-7-2;3*1-3-4-2;/h15-16,19-20H,6-9,11-14,17-18H2,1-4H3;3*1,3-4H2,2H3;. The number of benzene rings is 1. The van der Waals surface area contributed by atoms with Gasteiger partial charge in [-0.2, -0.15) is 0 Å². The maximum atomic E-state index is 6.59. The van der Waals surface area contributed by atoms with Crippen LogP contribution >= 0.6 is 22.6 Å². The molecule has 4 heteroatoms. The molecule has 0 radical (unpaired) electrons. The van der Waals surface area contributed by atoms with E-state index < -0.39 is 18.4 Å². The first-order valence-corrected chi connectivity index (χ1v) is 25.6. The van der Waals surface area contributed by atoms with Crippen molar-refractivity contribution < 1.29 is 9.47 Å². The number of hydrogen-bond donors (Lipinski definition) is 0. The number of halogens is 1. The average molecular weight is 774 g/mol. The van der Waals surface area contributed by atoms with Crippen LogP contribution in [0, 0.1) is 25.3 Å². The van der Waals surface area contributed by atoms with Crippen molar-refractivity contribution in [1.29, 1.82) is 0 Å². The van der Waals surface area contributed by atoms with Gasteiger partial charge in [0.25, 0.3) is 0 Å². The Hall–Kier alpha value is -0.0913. The molecular formula is C36H63IO2Sn. The number of hydrogen-bond acceptors (Lipinski definition) is 2. The quantitative estimate of drug-likeness (QED) is 0.0626. The van der Waals surface area contributed by atoms with E-state index in [1.165, 1.54) is 103 Å². The molecule has 0 fully saturated rings. The van der Waals surface area contributed by atoms with Crippen LogP contribution in [0.1, 0.15) is 144 Å². The third-order valence-electron chi connectivity index (χ3n) is 8.56. The van der Waals surface area contributed by atoms with Gasteiger partial charge in [-0.05, 0) is 0 Å². The molecule has 2 unspecified atom stereocenters. The molecule has 2 atom stereocenters. The van der Waals surface area contributed by atoms with Crippen molar-refractivity contribution in [3.8, 4) is 21.4 Å². The first-order valence-electron chi connectivity index (χ1n) is 17.0. The van der Waals surface area contributed by atoms with Crippen molar-refractivity contribution in [3.63, 3.8) is 0 Å². The molecule has 1 rings (SSSR count). The Kier molecular flexibility index (Phi) is 22.2. The molecule has 0 saturated heterocycles. The van der Waals surface area contributed by atoms with Crippen LogP contribution in [0.15, 0.2) is 12.1 Å². The summed E-state index contributed by atoms with van der Waals surface area (Å²) in [5.74, 6) is 6.99. The van der Waals surface area contributed by atoms with Gasteiger partial charge in [-0.1, -0.05) is 0 Å². The molecule has 0 aromatic heterocycles. The third-order valence-corrected chi connectivity index (χ3v) is 22.5. The van der Waals surface area contributed by atoms with Crippen molar-refractivity contribution in [1.82, 2.24) is 0 Å². The van der Waals surface area contributed by atoms with E-state index in [9.17, 15) is 0 Å². The summed E-state index contributed by atoms with van der Waals surface area (Å²) < 4.78 is 22.6. The van der Waals surface area contributed by atoms with Gasteiger partial charge in [-0.3, -0.25) is 0 Å². The summed E-state index contributed by atoms with van der Waals surface area (Å²) in [6.45, 7) is 17.7. The van der Waals surface area contributed by atoms with E-state index in [1.54, 1.807) is 0 Å². The van der Waals surface area contributed by atoms with Gasteiger partial charge in [0.05, 0.1) is 0 Å². The molecule has 0 heterocycles. The predicted molar refractivity (Wildman–Crippen MR) is 189 cm³/mol. The molecule has 0 aliphatic carbocycles. The fourth-order valence-corrected chi connectivity index (χ4v) is 19.2. The Bertz CT molecular complexity index is 821. The summed E-state index contributed by atoms with van der Waals surface area (Å²) in [6, 6.07) is 4.43. The first-order chi connectivity index (χ1) is 19.4. The molecule has 0 spiro atoms. The summed E-state index contributed by atoms with van der Waals surface area (Å²) in [5, 5.41) is 0. The molecular weight excluding hydrogens is 710 g/mol. The van der Waals surface area contributed by atoms with Crippen molar-refractivity contribution in [2.24, 2.45) is 11.8 Å². The summed E-state index contributed by atoms with van der Waals surface area (Å²) in [7, 11) is 0. The molecule has 0 aliphatic heterocycles. The van der Waals surface area contributed by atoms with E-state index >= 15 is 0 Å². The number of rotatable bonds is 23. The number of ether oxygens (including phenoxy) is 2. The minimum atomic E-state index is -2.59. The molecule has 230 valence electrons. The van der Waals surface area contributed by atoms with Gasteiger partial charge in [-0.25, -0.2) is 0 Å². The fraction of sp³-hybridized carbons (Fsp3) is 0.778. The minimum absolute atomic E-state index is 0.607. The van der Waals surface area contributed by atoms with Crippen LogP contribution < -0.4 is 9.47 Å². The monoisotopic (exact) mass is 774 g/mol. The van der Waals surface area contributed by atoms with Gasteiger partial charge in [0.2, 0.25) is 0 Å². The summed E-state index contributed by atoms with van der Waals surface area (Å²) in [5.41, 5.74) is 1.06. The Morgan fingerprint density at radius 3 is 1.52 bits per heavy atom. The third kappa shape index (κ3) is 14.9. The maximum absolute atomic E-state index is 6.59. The zero-order valence-electron chi connectivity index (χ0n) is 27.4. The molecule has 0 N–H and O–H groups in total. The van der Waals surface area contributed by atoms with Crippen molar-refractivity contribution >= 4 is 41.0 Å².